The SMILES string of the molecule is CSC(C)CNC(=O)Nc1ccc(F)cn1. The van der Waals surface area contributed by atoms with Crippen molar-refractivity contribution < 1.29 is 9.18 Å². The fourth-order valence-electron chi connectivity index (χ4n) is 0.930. The summed E-state index contributed by atoms with van der Waals surface area (Å²) in [6.45, 7) is 2.59. The lowest BCUT2D eigenvalue weighted by Gasteiger charge is -2.10. The van der Waals surface area contributed by atoms with Gasteiger partial charge in [-0.05, 0) is 18.4 Å². The number of nitrogens with zero attached hydrogens (tertiary/aromatic N) is 1. The second kappa shape index (κ2) is 6.32. The molecule has 1 unspecified atom stereocenters. The van der Waals surface area contributed by atoms with E-state index in [-0.39, 0.29) is 6.03 Å². The molecule has 4 nitrogen and oxygen atoms in total. The maximum Gasteiger partial charge on any atom is 0.320 e. The van der Waals surface area contributed by atoms with Gasteiger partial charge >= 0.3 is 6.03 Å². The molecule has 0 saturated carbocycles. The number of aromatic nitrogens is 1. The van der Waals surface area contributed by atoms with Crippen LogP contribution in [0.15, 0.2) is 18.3 Å². The lowest BCUT2D eigenvalue weighted by atomic mass is 10.4. The lowest BCUT2D eigenvalue weighted by molar-refractivity contribution is 0.252. The highest BCUT2D eigenvalue weighted by molar-refractivity contribution is 7.99. The Hall–Kier alpha value is -1.30. The predicted octanol–water partition coefficient (Wildman–Crippen LogP) is 2.09. The average Bonchev–Trinajstić information content (AvgIpc) is 2.29. The van der Waals surface area contributed by atoms with Gasteiger partial charge in [-0.15, -0.1) is 0 Å². The average molecular weight is 243 g/mol. The molecule has 1 aromatic rings. The maximum atomic E-state index is 12.5. The normalized spacial score (nSPS) is 11.9. The number of carbonyl (C=O) groups is 1. The van der Waals surface area contributed by atoms with E-state index in [1.807, 2.05) is 13.2 Å². The number of nitrogens with one attached hydrogen (secondary N) is 2. The molecule has 0 saturated heterocycles. The van der Waals surface area contributed by atoms with Crippen LogP contribution in [0.3, 0.4) is 0 Å². The summed E-state index contributed by atoms with van der Waals surface area (Å²) in [5, 5.41) is 5.56. The summed E-state index contributed by atoms with van der Waals surface area (Å²) >= 11 is 1.67. The minimum Gasteiger partial charge on any atom is -0.337 e. The number of urea groups is 1. The number of carbonyl (C=O) groups excluding carboxylic acids is 1. The fourth-order valence-corrected chi connectivity index (χ4v) is 1.18. The standard InChI is InChI=1S/C10H14FN3OS/c1-7(16-2)5-13-10(15)14-9-4-3-8(11)6-12-9/h3-4,6-7H,5H2,1-2H3,(H2,12,13,14,15). The van der Waals surface area contributed by atoms with Crippen molar-refractivity contribution in [1.82, 2.24) is 10.3 Å². The first-order chi connectivity index (χ1) is 7.61. The summed E-state index contributed by atoms with van der Waals surface area (Å²) in [5.41, 5.74) is 0. The Morgan fingerprint density at radius 2 is 2.38 bits per heavy atom. The number of anilines is 1. The van der Waals surface area contributed by atoms with Crippen molar-refractivity contribution in [2.24, 2.45) is 0 Å². The molecule has 6 heteroatoms. The Kier molecular flexibility index (Phi) is 5.04. The molecular weight excluding hydrogens is 229 g/mol. The van der Waals surface area contributed by atoms with Crippen molar-refractivity contribution in [3.8, 4) is 0 Å². The van der Waals surface area contributed by atoms with Crippen LogP contribution in [0.25, 0.3) is 0 Å². The van der Waals surface area contributed by atoms with E-state index in [0.29, 0.717) is 17.6 Å². The van der Waals surface area contributed by atoms with Crippen LogP contribution >= 0.6 is 11.8 Å². The zero-order valence-corrected chi connectivity index (χ0v) is 9.97. The van der Waals surface area contributed by atoms with Crippen LogP contribution in [0, 0.1) is 5.82 Å². The first kappa shape index (κ1) is 12.8. The molecular formula is C10H14FN3OS. The molecule has 0 aromatic carbocycles. The molecule has 0 aliphatic rings. The molecule has 0 aliphatic heterocycles. The number of thioether (sulfide) groups is 1. The quantitative estimate of drug-likeness (QED) is 0.851. The van der Waals surface area contributed by atoms with Crippen molar-refractivity contribution in [2.75, 3.05) is 18.1 Å². The monoisotopic (exact) mass is 243 g/mol. The van der Waals surface area contributed by atoms with Gasteiger partial charge in [0, 0.05) is 11.8 Å². The van der Waals surface area contributed by atoms with Gasteiger partial charge in [0.15, 0.2) is 0 Å². The highest BCUT2D eigenvalue weighted by Gasteiger charge is 2.04. The van der Waals surface area contributed by atoms with E-state index < -0.39 is 5.82 Å². The third kappa shape index (κ3) is 4.48. The van der Waals surface area contributed by atoms with Crippen LogP contribution < -0.4 is 10.6 Å². The van der Waals surface area contributed by atoms with Gasteiger partial charge in [-0.25, -0.2) is 14.2 Å². The van der Waals surface area contributed by atoms with Crippen molar-refractivity contribution in [3.05, 3.63) is 24.1 Å². The van der Waals surface area contributed by atoms with E-state index in [1.54, 1.807) is 11.8 Å². The molecule has 0 aliphatic carbocycles. The Labute approximate surface area is 98.0 Å². The van der Waals surface area contributed by atoms with Crippen LogP contribution in [-0.4, -0.2) is 29.1 Å². The van der Waals surface area contributed by atoms with Crippen molar-refractivity contribution >= 4 is 23.6 Å². The Morgan fingerprint density at radius 3 is 2.94 bits per heavy atom. The highest BCUT2D eigenvalue weighted by Crippen LogP contribution is 2.04. The summed E-state index contributed by atoms with van der Waals surface area (Å²) in [6.07, 6.45) is 3.03. The molecule has 88 valence electrons. The first-order valence-corrected chi connectivity index (χ1v) is 6.10. The zero-order valence-electron chi connectivity index (χ0n) is 9.16. The van der Waals surface area contributed by atoms with Crippen LogP contribution in [-0.2, 0) is 0 Å². The van der Waals surface area contributed by atoms with E-state index in [4.69, 9.17) is 0 Å². The lowest BCUT2D eigenvalue weighted by Crippen LogP contribution is -2.33. The van der Waals surface area contributed by atoms with E-state index in [0.717, 1.165) is 6.20 Å². The number of rotatable bonds is 4. The van der Waals surface area contributed by atoms with E-state index in [9.17, 15) is 9.18 Å². The van der Waals surface area contributed by atoms with Crippen LogP contribution in [0.2, 0.25) is 0 Å². The topological polar surface area (TPSA) is 54.0 Å². The van der Waals surface area contributed by atoms with Gasteiger partial charge in [0.25, 0.3) is 0 Å². The molecule has 16 heavy (non-hydrogen) atoms. The van der Waals surface area contributed by atoms with Gasteiger partial charge in [0.2, 0.25) is 0 Å². The summed E-state index contributed by atoms with van der Waals surface area (Å²) in [4.78, 5) is 15.1. The highest BCUT2D eigenvalue weighted by atomic mass is 32.2. The van der Waals surface area contributed by atoms with Crippen LogP contribution in [0.1, 0.15) is 6.92 Å². The molecule has 2 N–H and O–H groups in total. The largest absolute Gasteiger partial charge is 0.337 e. The van der Waals surface area contributed by atoms with E-state index in [1.165, 1.54) is 12.1 Å². The van der Waals surface area contributed by atoms with Crippen molar-refractivity contribution in [2.45, 2.75) is 12.2 Å². The number of halogens is 1. The predicted molar refractivity (Wildman–Crippen MR) is 64.2 cm³/mol. The van der Waals surface area contributed by atoms with Crippen LogP contribution in [0.4, 0.5) is 15.0 Å². The molecule has 0 bridgehead atoms. The molecule has 1 atom stereocenters. The zero-order chi connectivity index (χ0) is 12.0. The fraction of sp³-hybridized carbons (Fsp3) is 0.400. The Bertz CT molecular complexity index is 344. The molecule has 1 aromatic heterocycles. The molecule has 0 spiro atoms. The van der Waals surface area contributed by atoms with Gasteiger partial charge in [-0.3, -0.25) is 5.32 Å². The first-order valence-electron chi connectivity index (χ1n) is 4.81. The molecule has 1 heterocycles. The number of pyridine rings is 1. The number of amides is 2. The van der Waals surface area contributed by atoms with Gasteiger partial charge in [0.1, 0.15) is 11.6 Å². The molecule has 0 fully saturated rings. The van der Waals surface area contributed by atoms with E-state index >= 15 is 0 Å². The third-order valence-electron chi connectivity index (χ3n) is 1.92. The van der Waals surface area contributed by atoms with Gasteiger partial charge < -0.3 is 5.32 Å². The molecule has 1 rings (SSSR count). The van der Waals surface area contributed by atoms with Gasteiger partial charge in [0.05, 0.1) is 6.20 Å². The minimum absolute atomic E-state index is 0.329. The van der Waals surface area contributed by atoms with E-state index in [2.05, 4.69) is 15.6 Å². The van der Waals surface area contributed by atoms with Crippen molar-refractivity contribution in [3.63, 3.8) is 0 Å². The third-order valence-corrected chi connectivity index (χ3v) is 2.89. The Balaban J connectivity index is 2.37. The molecule has 2 amide bonds. The van der Waals surface area contributed by atoms with Crippen LogP contribution in [0.5, 0.6) is 0 Å². The maximum absolute atomic E-state index is 12.5. The summed E-state index contributed by atoms with van der Waals surface area (Å²) in [5.74, 6) is -0.0994. The summed E-state index contributed by atoms with van der Waals surface area (Å²) in [7, 11) is 0. The smallest absolute Gasteiger partial charge is 0.320 e. The molecule has 0 radical (unpaired) electrons. The second-order valence-corrected chi connectivity index (χ2v) is 4.52. The summed E-state index contributed by atoms with van der Waals surface area (Å²) < 4.78 is 12.5. The van der Waals surface area contributed by atoms with Gasteiger partial charge in [-0.2, -0.15) is 11.8 Å². The second-order valence-electron chi connectivity index (χ2n) is 3.24. The number of hydrogen-bond donors (Lipinski definition) is 2. The van der Waals surface area contributed by atoms with Crippen molar-refractivity contribution in [1.29, 1.82) is 0 Å². The minimum atomic E-state index is -0.429. The number of hydrogen-bond acceptors (Lipinski definition) is 3. The Morgan fingerprint density at radius 1 is 1.62 bits per heavy atom. The van der Waals surface area contributed by atoms with Gasteiger partial charge in [-0.1, -0.05) is 6.92 Å². The summed E-state index contributed by atoms with van der Waals surface area (Å²) in [6, 6.07) is 2.32.